The van der Waals surface area contributed by atoms with Gasteiger partial charge in [0.1, 0.15) is 12.7 Å². The fraction of sp³-hybridized carbons (Fsp3) is 0.550. The van der Waals surface area contributed by atoms with Gasteiger partial charge in [0, 0.05) is 10.7 Å². The summed E-state index contributed by atoms with van der Waals surface area (Å²) >= 11 is 6.14. The van der Waals surface area contributed by atoms with Gasteiger partial charge in [-0.3, -0.25) is 4.79 Å². The van der Waals surface area contributed by atoms with Crippen molar-refractivity contribution in [2.24, 2.45) is 17.3 Å². The van der Waals surface area contributed by atoms with Crippen LogP contribution in [0.15, 0.2) is 30.9 Å². The number of halogens is 1. The minimum Gasteiger partial charge on any atom is -0.325 e. The highest BCUT2D eigenvalue weighted by molar-refractivity contribution is 6.31. The largest absolute Gasteiger partial charge is 0.325 e. The van der Waals surface area contributed by atoms with E-state index >= 15 is 0 Å². The molecular weight excluding hydrogens is 348 g/mol. The van der Waals surface area contributed by atoms with Crippen LogP contribution >= 0.6 is 11.6 Å². The highest BCUT2D eigenvalue weighted by Gasteiger charge is 2.61. The van der Waals surface area contributed by atoms with Gasteiger partial charge in [0.25, 0.3) is 0 Å². The summed E-state index contributed by atoms with van der Waals surface area (Å²) in [4.78, 5) is 17.6. The summed E-state index contributed by atoms with van der Waals surface area (Å²) in [7, 11) is 0. The van der Waals surface area contributed by atoms with E-state index in [0.29, 0.717) is 16.9 Å². The van der Waals surface area contributed by atoms with Gasteiger partial charge >= 0.3 is 0 Å². The van der Waals surface area contributed by atoms with Crippen molar-refractivity contribution in [3.8, 4) is 0 Å². The first-order valence-corrected chi connectivity index (χ1v) is 9.79. The van der Waals surface area contributed by atoms with E-state index in [9.17, 15) is 4.79 Å². The van der Waals surface area contributed by atoms with Crippen LogP contribution in [0.25, 0.3) is 0 Å². The van der Waals surface area contributed by atoms with E-state index in [1.54, 1.807) is 6.33 Å². The van der Waals surface area contributed by atoms with Crippen LogP contribution in [0.1, 0.15) is 44.1 Å². The maximum atomic E-state index is 13.4. The van der Waals surface area contributed by atoms with Crippen molar-refractivity contribution in [1.82, 2.24) is 14.8 Å². The van der Waals surface area contributed by atoms with Crippen molar-refractivity contribution >= 4 is 23.2 Å². The molecule has 0 saturated heterocycles. The van der Waals surface area contributed by atoms with Gasteiger partial charge in [0.2, 0.25) is 5.91 Å². The number of carbonyl (C=O) groups excluding carboxylic acids is 1. The number of hydrogen-bond acceptors (Lipinski definition) is 3. The number of hydrogen-bond donors (Lipinski definition) is 1. The lowest BCUT2D eigenvalue weighted by atomic mass is 9.46. The number of anilines is 1. The van der Waals surface area contributed by atoms with E-state index in [0.717, 1.165) is 43.4 Å². The summed E-state index contributed by atoms with van der Waals surface area (Å²) in [6.45, 7) is 2.00. The lowest BCUT2D eigenvalue weighted by Gasteiger charge is -2.60. The average Bonchev–Trinajstić information content (AvgIpc) is 3.12. The molecular formula is C20H23ClN4O. The predicted molar refractivity (Wildman–Crippen MR) is 99.9 cm³/mol. The number of aromatic nitrogens is 3. The van der Waals surface area contributed by atoms with Gasteiger partial charge in [-0.15, -0.1) is 0 Å². The zero-order valence-corrected chi connectivity index (χ0v) is 15.7. The third kappa shape index (κ3) is 2.40. The van der Waals surface area contributed by atoms with Crippen molar-refractivity contribution in [3.05, 3.63) is 41.4 Å². The molecule has 4 bridgehead atoms. The van der Waals surface area contributed by atoms with Crippen LogP contribution in [-0.4, -0.2) is 20.7 Å². The Bertz CT molecular complexity index is 849. The van der Waals surface area contributed by atoms with Crippen molar-refractivity contribution in [2.45, 2.75) is 51.0 Å². The molecule has 5 nitrogen and oxygen atoms in total. The summed E-state index contributed by atoms with van der Waals surface area (Å²) in [6.07, 6.45) is 9.79. The van der Waals surface area contributed by atoms with Gasteiger partial charge in [0.15, 0.2) is 0 Å². The maximum Gasteiger partial charge on any atom is 0.230 e. The molecule has 0 radical (unpaired) electrons. The number of rotatable bonds is 3. The fourth-order valence-corrected chi connectivity index (χ4v) is 6.36. The molecule has 4 aliphatic carbocycles. The van der Waals surface area contributed by atoms with Crippen molar-refractivity contribution < 1.29 is 4.79 Å². The van der Waals surface area contributed by atoms with E-state index in [-0.39, 0.29) is 16.9 Å². The summed E-state index contributed by atoms with van der Waals surface area (Å²) in [5.74, 6) is 1.36. The third-order valence-corrected chi connectivity index (χ3v) is 7.10. The van der Waals surface area contributed by atoms with Crippen LogP contribution < -0.4 is 5.32 Å². The van der Waals surface area contributed by atoms with Crippen molar-refractivity contribution in [3.63, 3.8) is 0 Å². The Labute approximate surface area is 158 Å². The van der Waals surface area contributed by atoms with Gasteiger partial charge in [-0.2, -0.15) is 5.10 Å². The SMILES string of the molecule is Cc1ccc(Cl)cc1NC(=O)C12C[C@H]3C[C@@H](C1)CC(n1cncn1)(C3)C2. The normalized spacial score (nSPS) is 34.8. The summed E-state index contributed by atoms with van der Waals surface area (Å²) < 4.78 is 2.04. The number of benzene rings is 1. The molecule has 26 heavy (non-hydrogen) atoms. The lowest BCUT2D eigenvalue weighted by molar-refractivity contribution is -0.150. The molecule has 1 heterocycles. The van der Waals surface area contributed by atoms with Gasteiger partial charge in [0.05, 0.1) is 11.0 Å². The zero-order valence-electron chi connectivity index (χ0n) is 14.9. The Kier molecular flexibility index (Phi) is 3.48. The van der Waals surface area contributed by atoms with Crippen LogP contribution in [0.5, 0.6) is 0 Å². The maximum absolute atomic E-state index is 13.4. The molecule has 6 heteroatoms. The molecule has 4 atom stereocenters. The molecule has 2 aromatic rings. The minimum atomic E-state index is -0.301. The van der Waals surface area contributed by atoms with Gasteiger partial charge in [-0.1, -0.05) is 17.7 Å². The lowest BCUT2D eigenvalue weighted by Crippen LogP contribution is -2.60. The second-order valence-electron chi connectivity index (χ2n) is 8.72. The predicted octanol–water partition coefficient (Wildman–Crippen LogP) is 4.17. The van der Waals surface area contributed by atoms with E-state index in [1.165, 1.54) is 6.42 Å². The quantitative estimate of drug-likeness (QED) is 0.881. The number of carbonyl (C=O) groups is 1. The Hall–Kier alpha value is -1.88. The second kappa shape index (κ2) is 5.56. The smallest absolute Gasteiger partial charge is 0.230 e. The molecule has 1 aromatic heterocycles. The molecule has 0 aliphatic heterocycles. The molecule has 2 unspecified atom stereocenters. The third-order valence-electron chi connectivity index (χ3n) is 6.86. The van der Waals surface area contributed by atoms with Crippen LogP contribution in [0.3, 0.4) is 0 Å². The van der Waals surface area contributed by atoms with Crippen LogP contribution in [0, 0.1) is 24.2 Å². The molecule has 1 N–H and O–H groups in total. The monoisotopic (exact) mass is 370 g/mol. The number of amides is 1. The molecule has 1 amide bonds. The average molecular weight is 371 g/mol. The molecule has 4 aliphatic rings. The Morgan fingerprint density at radius 2 is 2.04 bits per heavy atom. The summed E-state index contributed by atoms with van der Waals surface area (Å²) in [5.41, 5.74) is 1.53. The van der Waals surface area contributed by atoms with Gasteiger partial charge in [-0.25, -0.2) is 9.67 Å². The van der Waals surface area contributed by atoms with Gasteiger partial charge < -0.3 is 5.32 Å². The van der Waals surface area contributed by atoms with Crippen molar-refractivity contribution in [1.29, 1.82) is 0 Å². The highest BCUT2D eigenvalue weighted by atomic mass is 35.5. The van der Waals surface area contributed by atoms with E-state index < -0.39 is 0 Å². The van der Waals surface area contributed by atoms with Crippen LogP contribution in [0.2, 0.25) is 5.02 Å². The summed E-state index contributed by atoms with van der Waals surface area (Å²) in [6, 6.07) is 5.66. The topological polar surface area (TPSA) is 59.8 Å². The molecule has 4 saturated carbocycles. The number of nitrogens with zero attached hydrogens (tertiary/aromatic N) is 3. The first-order valence-electron chi connectivity index (χ1n) is 9.41. The van der Waals surface area contributed by atoms with Gasteiger partial charge in [-0.05, 0) is 75.0 Å². The molecule has 4 fully saturated rings. The number of aryl methyl sites for hydroxylation is 1. The van der Waals surface area contributed by atoms with Crippen LogP contribution in [0.4, 0.5) is 5.69 Å². The van der Waals surface area contributed by atoms with E-state index in [4.69, 9.17) is 11.6 Å². The minimum absolute atomic E-state index is 0.0404. The van der Waals surface area contributed by atoms with E-state index in [2.05, 4.69) is 15.4 Å². The van der Waals surface area contributed by atoms with Crippen LogP contribution in [-0.2, 0) is 10.3 Å². The first kappa shape index (κ1) is 16.3. The zero-order chi connectivity index (χ0) is 17.9. The van der Waals surface area contributed by atoms with Crippen molar-refractivity contribution in [2.75, 3.05) is 5.32 Å². The fourth-order valence-electron chi connectivity index (χ4n) is 6.18. The number of nitrogens with one attached hydrogen (secondary N) is 1. The molecule has 1 aromatic carbocycles. The first-order chi connectivity index (χ1) is 12.5. The van der Waals surface area contributed by atoms with E-state index in [1.807, 2.05) is 36.1 Å². The summed E-state index contributed by atoms with van der Waals surface area (Å²) in [5, 5.41) is 8.31. The molecule has 0 spiro atoms. The Balaban J connectivity index is 1.48. The standard InChI is InChI=1S/C20H23ClN4O/c1-13-2-3-16(21)5-17(13)24-18(26)19-6-14-4-15(7-19)9-20(8-14,10-19)25-12-22-11-23-25/h2-3,5,11-12,14-15H,4,6-10H2,1H3,(H,24,26)/t14-,15+,19?,20?. The Morgan fingerprint density at radius 3 is 2.73 bits per heavy atom. The molecule has 6 rings (SSSR count). The second-order valence-corrected chi connectivity index (χ2v) is 9.16. The molecule has 136 valence electrons. The Morgan fingerprint density at radius 1 is 1.27 bits per heavy atom. The highest BCUT2D eigenvalue weighted by Crippen LogP contribution is 2.64.